The van der Waals surface area contributed by atoms with E-state index in [1.54, 1.807) is 25.1 Å². The number of amides is 1. The summed E-state index contributed by atoms with van der Waals surface area (Å²) in [7, 11) is 0. The molecule has 0 aliphatic carbocycles. The summed E-state index contributed by atoms with van der Waals surface area (Å²) in [6.07, 6.45) is 0.869. The van der Waals surface area contributed by atoms with Crippen molar-refractivity contribution in [2.45, 2.75) is 33.4 Å². The Morgan fingerprint density at radius 1 is 1.13 bits per heavy atom. The molecule has 0 bridgehead atoms. The lowest BCUT2D eigenvalue weighted by Gasteiger charge is -2.31. The molecule has 1 amide bonds. The molecular formula is C23H23ClN4O2. The number of carbonyl (C=O) groups is 1. The quantitative estimate of drug-likeness (QED) is 0.695. The fourth-order valence-corrected chi connectivity index (χ4v) is 3.91. The molecule has 3 aromatic rings. The maximum absolute atomic E-state index is 12.8. The van der Waals surface area contributed by atoms with Crippen molar-refractivity contribution >= 4 is 29.1 Å². The van der Waals surface area contributed by atoms with E-state index in [0.717, 1.165) is 18.5 Å². The summed E-state index contributed by atoms with van der Waals surface area (Å²) in [4.78, 5) is 32.2. The Morgan fingerprint density at radius 2 is 1.90 bits per heavy atom. The van der Waals surface area contributed by atoms with E-state index >= 15 is 0 Å². The van der Waals surface area contributed by atoms with Crippen molar-refractivity contribution in [2.75, 3.05) is 16.8 Å². The van der Waals surface area contributed by atoms with Crippen LogP contribution in [0.25, 0.3) is 0 Å². The number of rotatable bonds is 4. The third kappa shape index (κ3) is 4.09. The van der Waals surface area contributed by atoms with Crippen LogP contribution in [0.3, 0.4) is 0 Å². The van der Waals surface area contributed by atoms with E-state index < -0.39 is 0 Å². The van der Waals surface area contributed by atoms with Crippen molar-refractivity contribution in [1.82, 2.24) is 9.55 Å². The molecule has 2 heterocycles. The molecule has 0 radical (unpaired) electrons. The lowest BCUT2D eigenvalue weighted by molar-refractivity contribution is -0.116. The van der Waals surface area contributed by atoms with E-state index in [4.69, 9.17) is 11.6 Å². The first kappa shape index (κ1) is 20.2. The van der Waals surface area contributed by atoms with Gasteiger partial charge in [0, 0.05) is 35.6 Å². The summed E-state index contributed by atoms with van der Waals surface area (Å²) in [5.74, 6) is 0.222. The minimum absolute atomic E-state index is 0.119. The summed E-state index contributed by atoms with van der Waals surface area (Å²) >= 11 is 6.14. The minimum atomic E-state index is -0.299. The number of nitrogens with zero attached hydrogens (tertiary/aromatic N) is 3. The number of fused-ring (bicyclic) bond motifs is 1. The maximum atomic E-state index is 12.8. The first-order valence-corrected chi connectivity index (χ1v) is 10.3. The van der Waals surface area contributed by atoms with Crippen molar-refractivity contribution in [3.05, 3.63) is 86.3 Å². The van der Waals surface area contributed by atoms with Crippen molar-refractivity contribution < 1.29 is 4.79 Å². The van der Waals surface area contributed by atoms with Gasteiger partial charge >= 0.3 is 0 Å². The van der Waals surface area contributed by atoms with E-state index in [9.17, 15) is 9.59 Å². The Labute approximate surface area is 180 Å². The van der Waals surface area contributed by atoms with Gasteiger partial charge in [0.05, 0.1) is 0 Å². The Balaban J connectivity index is 1.62. The highest BCUT2D eigenvalue weighted by Gasteiger charge is 2.22. The fourth-order valence-electron chi connectivity index (χ4n) is 3.74. The van der Waals surface area contributed by atoms with Gasteiger partial charge in [0.25, 0.3) is 5.56 Å². The third-order valence-electron chi connectivity index (χ3n) is 5.37. The summed E-state index contributed by atoms with van der Waals surface area (Å²) in [5.41, 5.74) is 4.34. The van der Waals surface area contributed by atoms with Gasteiger partial charge in [-0.2, -0.15) is 0 Å². The number of aryl methyl sites for hydroxylation is 1. The van der Waals surface area contributed by atoms with Gasteiger partial charge in [-0.15, -0.1) is 0 Å². The minimum Gasteiger partial charge on any atom is -0.337 e. The Bertz CT molecular complexity index is 1170. The molecule has 0 saturated heterocycles. The van der Waals surface area contributed by atoms with Crippen LogP contribution < -0.4 is 15.8 Å². The summed E-state index contributed by atoms with van der Waals surface area (Å²) in [5, 5.41) is 3.44. The lowest BCUT2D eigenvalue weighted by Crippen LogP contribution is -2.38. The van der Waals surface area contributed by atoms with Gasteiger partial charge in [0.15, 0.2) is 0 Å². The molecule has 154 valence electrons. The normalized spacial score (nSPS) is 13.1. The molecule has 2 aromatic carbocycles. The number of hydrogen-bond acceptors (Lipinski definition) is 4. The lowest BCUT2D eigenvalue weighted by atomic mass is 10.0. The topological polar surface area (TPSA) is 67.2 Å². The predicted molar refractivity (Wildman–Crippen MR) is 119 cm³/mol. The van der Waals surface area contributed by atoms with Gasteiger partial charge in [-0.05, 0) is 49.1 Å². The highest BCUT2D eigenvalue weighted by atomic mass is 35.5. The molecule has 1 aliphatic rings. The van der Waals surface area contributed by atoms with Crippen LogP contribution in [0.5, 0.6) is 0 Å². The Morgan fingerprint density at radius 3 is 2.70 bits per heavy atom. The second kappa shape index (κ2) is 8.32. The molecule has 30 heavy (non-hydrogen) atoms. The molecule has 1 aliphatic heterocycles. The average Bonchev–Trinajstić information content (AvgIpc) is 2.73. The second-order valence-electron chi connectivity index (χ2n) is 7.52. The van der Waals surface area contributed by atoms with Crippen LogP contribution in [0.4, 0.5) is 11.6 Å². The van der Waals surface area contributed by atoms with Crippen LogP contribution >= 0.6 is 11.6 Å². The summed E-state index contributed by atoms with van der Waals surface area (Å²) in [6.45, 7) is 4.91. The van der Waals surface area contributed by atoms with Crippen molar-refractivity contribution in [3.63, 3.8) is 0 Å². The third-order valence-corrected chi connectivity index (χ3v) is 5.78. The van der Waals surface area contributed by atoms with Crippen molar-refractivity contribution in [1.29, 1.82) is 0 Å². The number of benzene rings is 2. The molecular weight excluding hydrogens is 400 g/mol. The van der Waals surface area contributed by atoms with E-state index in [0.29, 0.717) is 28.9 Å². The SMILES string of the molecule is Cc1cc(=O)n(CC(=O)Nc2cccc(Cl)c2C)c(N2CCc3ccccc3C2)n1. The largest absolute Gasteiger partial charge is 0.337 e. The van der Waals surface area contributed by atoms with E-state index in [-0.39, 0.29) is 18.0 Å². The highest BCUT2D eigenvalue weighted by Crippen LogP contribution is 2.24. The molecule has 0 unspecified atom stereocenters. The van der Waals surface area contributed by atoms with Gasteiger partial charge in [0.2, 0.25) is 11.9 Å². The zero-order chi connectivity index (χ0) is 21.3. The molecule has 1 aromatic heterocycles. The van der Waals surface area contributed by atoms with Crippen LogP contribution in [0.15, 0.2) is 53.3 Å². The van der Waals surface area contributed by atoms with E-state index in [2.05, 4.69) is 27.3 Å². The zero-order valence-corrected chi connectivity index (χ0v) is 17.7. The standard InChI is InChI=1S/C23H23ClN4O2/c1-15-12-22(30)28(14-21(29)26-20-9-5-8-19(24)16(20)2)23(25-15)27-11-10-17-6-3-4-7-18(17)13-27/h3-9,12H,10-11,13-14H2,1-2H3,(H,26,29). The zero-order valence-electron chi connectivity index (χ0n) is 17.0. The smallest absolute Gasteiger partial charge is 0.255 e. The molecule has 1 N–H and O–H groups in total. The number of halogens is 1. The monoisotopic (exact) mass is 422 g/mol. The van der Waals surface area contributed by atoms with Gasteiger partial charge in [-0.3, -0.25) is 14.2 Å². The fraction of sp³-hybridized carbons (Fsp3) is 0.261. The maximum Gasteiger partial charge on any atom is 0.255 e. The number of anilines is 2. The number of hydrogen-bond donors (Lipinski definition) is 1. The highest BCUT2D eigenvalue weighted by molar-refractivity contribution is 6.31. The van der Waals surface area contributed by atoms with Gasteiger partial charge in [-0.1, -0.05) is 41.9 Å². The Kier molecular flexibility index (Phi) is 5.59. The summed E-state index contributed by atoms with van der Waals surface area (Å²) in [6, 6.07) is 15.1. The number of aromatic nitrogens is 2. The molecule has 6 nitrogen and oxygen atoms in total. The van der Waals surface area contributed by atoms with E-state index in [1.807, 2.05) is 19.1 Å². The predicted octanol–water partition coefficient (Wildman–Crippen LogP) is 3.71. The number of nitrogens with one attached hydrogen (secondary N) is 1. The van der Waals surface area contributed by atoms with Gasteiger partial charge < -0.3 is 10.2 Å². The van der Waals surface area contributed by atoms with Crippen LogP contribution in [0.1, 0.15) is 22.4 Å². The van der Waals surface area contributed by atoms with Crippen LogP contribution in [-0.2, 0) is 24.3 Å². The van der Waals surface area contributed by atoms with Crippen LogP contribution in [0, 0.1) is 13.8 Å². The first-order valence-electron chi connectivity index (χ1n) is 9.87. The molecule has 0 saturated carbocycles. The van der Waals surface area contributed by atoms with Gasteiger partial charge in [0.1, 0.15) is 6.54 Å². The first-order chi connectivity index (χ1) is 14.4. The van der Waals surface area contributed by atoms with Crippen LogP contribution in [0.2, 0.25) is 5.02 Å². The summed E-state index contributed by atoms with van der Waals surface area (Å²) < 4.78 is 1.44. The number of carbonyl (C=O) groups excluding carboxylic acids is 1. The molecule has 4 rings (SSSR count). The molecule has 0 atom stereocenters. The Hall–Kier alpha value is -3.12. The molecule has 0 fully saturated rings. The molecule has 7 heteroatoms. The van der Waals surface area contributed by atoms with Crippen molar-refractivity contribution in [2.24, 2.45) is 0 Å². The van der Waals surface area contributed by atoms with E-state index in [1.165, 1.54) is 21.8 Å². The molecule has 0 spiro atoms. The van der Waals surface area contributed by atoms with Crippen molar-refractivity contribution in [3.8, 4) is 0 Å². The van der Waals surface area contributed by atoms with Crippen LogP contribution in [-0.4, -0.2) is 22.0 Å². The van der Waals surface area contributed by atoms with Gasteiger partial charge in [-0.25, -0.2) is 4.98 Å². The average molecular weight is 423 g/mol. The second-order valence-corrected chi connectivity index (χ2v) is 7.93.